The van der Waals surface area contributed by atoms with Crippen molar-refractivity contribution in [3.63, 3.8) is 0 Å². The van der Waals surface area contributed by atoms with Crippen LogP contribution in [0.5, 0.6) is 23.0 Å². The highest BCUT2D eigenvalue weighted by atomic mass is 16.7. The number of aldehydes is 1. The molecular weight excluding hydrogens is 372 g/mol. The van der Waals surface area contributed by atoms with Crippen molar-refractivity contribution in [3.05, 3.63) is 83.4 Å². The fourth-order valence-corrected chi connectivity index (χ4v) is 2.95. The molecule has 1 aliphatic heterocycles. The van der Waals surface area contributed by atoms with E-state index in [1.165, 1.54) is 0 Å². The van der Waals surface area contributed by atoms with Crippen LogP contribution in [0.4, 0.5) is 0 Å². The van der Waals surface area contributed by atoms with Crippen molar-refractivity contribution in [2.45, 2.75) is 12.7 Å². The van der Waals surface area contributed by atoms with Gasteiger partial charge in [0.15, 0.2) is 23.0 Å². The third-order valence-electron chi connectivity index (χ3n) is 4.52. The second kappa shape index (κ2) is 8.67. The lowest BCUT2D eigenvalue weighted by atomic mass is 10.1. The van der Waals surface area contributed by atoms with Gasteiger partial charge in [-0.05, 0) is 41.5 Å². The Kier molecular flexibility index (Phi) is 5.63. The molecule has 3 aromatic carbocycles. The van der Waals surface area contributed by atoms with E-state index in [4.69, 9.17) is 18.9 Å². The number of hydrogen-bond acceptors (Lipinski definition) is 6. The molecule has 0 unspecified atom stereocenters. The molecule has 0 fully saturated rings. The quantitative estimate of drug-likeness (QED) is 0.586. The maximum absolute atomic E-state index is 11.1. The molecule has 1 aliphatic rings. The molecule has 0 radical (unpaired) electrons. The van der Waals surface area contributed by atoms with Gasteiger partial charge in [-0.2, -0.15) is 0 Å². The largest absolute Gasteiger partial charge is 0.487 e. The molecule has 0 bridgehead atoms. The van der Waals surface area contributed by atoms with Crippen molar-refractivity contribution in [1.29, 1.82) is 0 Å². The number of ether oxygens (including phenoxy) is 4. The summed E-state index contributed by atoms with van der Waals surface area (Å²) in [5.41, 5.74) is 2.14. The zero-order valence-corrected chi connectivity index (χ0v) is 15.6. The Morgan fingerprint density at radius 2 is 1.76 bits per heavy atom. The smallest absolute Gasteiger partial charge is 0.231 e. The molecule has 0 aromatic heterocycles. The molecule has 6 heteroatoms. The second-order valence-electron chi connectivity index (χ2n) is 6.54. The standard InChI is InChI=1S/C23H20O6/c24-12-17-6-8-20(22(10-17)26-13-16-4-2-1-3-5-16)27-14-19(25)18-7-9-21-23(11-18)29-15-28-21/h1-12,19,25H,13-15H2/t19-/m0/s1. The molecule has 1 heterocycles. The van der Waals surface area contributed by atoms with Crippen LogP contribution in [0.15, 0.2) is 66.7 Å². The van der Waals surface area contributed by atoms with E-state index in [1.54, 1.807) is 36.4 Å². The molecule has 4 rings (SSSR count). The van der Waals surface area contributed by atoms with Crippen LogP contribution in [0.25, 0.3) is 0 Å². The van der Waals surface area contributed by atoms with Crippen LogP contribution in [0, 0.1) is 0 Å². The van der Waals surface area contributed by atoms with Gasteiger partial charge in [0.05, 0.1) is 0 Å². The summed E-state index contributed by atoms with van der Waals surface area (Å²) >= 11 is 0. The summed E-state index contributed by atoms with van der Waals surface area (Å²) < 4.78 is 22.3. The summed E-state index contributed by atoms with van der Waals surface area (Å²) in [6.45, 7) is 0.530. The maximum atomic E-state index is 11.1. The van der Waals surface area contributed by atoms with Crippen LogP contribution in [0.2, 0.25) is 0 Å². The number of fused-ring (bicyclic) bond motifs is 1. The number of aliphatic hydroxyl groups is 1. The number of hydrogen-bond donors (Lipinski definition) is 1. The normalized spacial score (nSPS) is 13.0. The van der Waals surface area contributed by atoms with Crippen LogP contribution >= 0.6 is 0 Å². The fraction of sp³-hybridized carbons (Fsp3) is 0.174. The molecule has 0 saturated heterocycles. The first-order valence-corrected chi connectivity index (χ1v) is 9.19. The molecule has 0 spiro atoms. The van der Waals surface area contributed by atoms with Crippen molar-refractivity contribution in [2.75, 3.05) is 13.4 Å². The topological polar surface area (TPSA) is 74.2 Å². The van der Waals surface area contributed by atoms with Gasteiger partial charge in [0.1, 0.15) is 25.6 Å². The van der Waals surface area contributed by atoms with E-state index in [0.29, 0.717) is 40.7 Å². The average molecular weight is 392 g/mol. The predicted molar refractivity (Wildman–Crippen MR) is 106 cm³/mol. The van der Waals surface area contributed by atoms with Crippen LogP contribution < -0.4 is 18.9 Å². The van der Waals surface area contributed by atoms with Gasteiger partial charge < -0.3 is 24.1 Å². The Hall–Kier alpha value is -3.51. The van der Waals surface area contributed by atoms with E-state index in [-0.39, 0.29) is 13.4 Å². The van der Waals surface area contributed by atoms with E-state index >= 15 is 0 Å². The third kappa shape index (κ3) is 4.50. The minimum Gasteiger partial charge on any atom is -0.487 e. The monoisotopic (exact) mass is 392 g/mol. The van der Waals surface area contributed by atoms with Gasteiger partial charge in [0.25, 0.3) is 0 Å². The SMILES string of the molecule is O=Cc1ccc(OC[C@H](O)c2ccc3c(c2)OCO3)c(OCc2ccccc2)c1. The lowest BCUT2D eigenvalue weighted by molar-refractivity contribution is 0.105. The summed E-state index contributed by atoms with van der Waals surface area (Å²) in [4.78, 5) is 11.1. The van der Waals surface area contributed by atoms with E-state index in [1.807, 2.05) is 30.3 Å². The minimum atomic E-state index is -0.864. The molecule has 3 aromatic rings. The van der Waals surface area contributed by atoms with E-state index in [9.17, 15) is 9.90 Å². The molecule has 1 N–H and O–H groups in total. The number of rotatable bonds is 8. The lowest BCUT2D eigenvalue weighted by Gasteiger charge is -2.16. The van der Waals surface area contributed by atoms with Crippen LogP contribution in [-0.4, -0.2) is 24.8 Å². The lowest BCUT2D eigenvalue weighted by Crippen LogP contribution is -2.10. The van der Waals surface area contributed by atoms with E-state index in [2.05, 4.69) is 0 Å². The number of aliphatic hydroxyl groups excluding tert-OH is 1. The molecular formula is C23H20O6. The van der Waals surface area contributed by atoms with Crippen molar-refractivity contribution < 1.29 is 28.8 Å². The van der Waals surface area contributed by atoms with Gasteiger partial charge >= 0.3 is 0 Å². The summed E-state index contributed by atoms with van der Waals surface area (Å²) in [6, 6.07) is 19.9. The summed E-state index contributed by atoms with van der Waals surface area (Å²) in [5, 5.41) is 10.5. The first-order chi connectivity index (χ1) is 14.2. The van der Waals surface area contributed by atoms with Crippen LogP contribution in [-0.2, 0) is 6.61 Å². The van der Waals surface area contributed by atoms with Gasteiger partial charge in [-0.3, -0.25) is 4.79 Å². The van der Waals surface area contributed by atoms with Gasteiger partial charge in [-0.1, -0.05) is 36.4 Å². The molecule has 0 saturated carbocycles. The third-order valence-corrected chi connectivity index (χ3v) is 4.52. The van der Waals surface area contributed by atoms with Gasteiger partial charge in [-0.15, -0.1) is 0 Å². The van der Waals surface area contributed by atoms with Gasteiger partial charge in [0, 0.05) is 5.56 Å². The van der Waals surface area contributed by atoms with Crippen LogP contribution in [0.1, 0.15) is 27.6 Å². The highest BCUT2D eigenvalue weighted by Crippen LogP contribution is 2.35. The zero-order chi connectivity index (χ0) is 20.1. The zero-order valence-electron chi connectivity index (χ0n) is 15.6. The maximum Gasteiger partial charge on any atom is 0.231 e. The highest BCUT2D eigenvalue weighted by Gasteiger charge is 2.18. The van der Waals surface area contributed by atoms with Gasteiger partial charge in [0.2, 0.25) is 6.79 Å². The van der Waals surface area contributed by atoms with Gasteiger partial charge in [-0.25, -0.2) is 0 Å². The highest BCUT2D eigenvalue weighted by molar-refractivity contribution is 5.76. The Morgan fingerprint density at radius 3 is 2.59 bits per heavy atom. The molecule has 29 heavy (non-hydrogen) atoms. The molecule has 0 aliphatic carbocycles. The molecule has 1 atom stereocenters. The van der Waals surface area contributed by atoms with E-state index < -0.39 is 6.10 Å². The van der Waals surface area contributed by atoms with Crippen molar-refractivity contribution in [2.24, 2.45) is 0 Å². The summed E-state index contributed by atoms with van der Waals surface area (Å²) in [5.74, 6) is 2.15. The Bertz CT molecular complexity index is 986. The number of carbonyl (C=O) groups is 1. The summed E-state index contributed by atoms with van der Waals surface area (Å²) in [7, 11) is 0. The Labute approximate surface area is 168 Å². The van der Waals surface area contributed by atoms with E-state index in [0.717, 1.165) is 11.8 Å². The molecule has 148 valence electrons. The first kappa shape index (κ1) is 18.8. The fourth-order valence-electron chi connectivity index (χ4n) is 2.95. The van der Waals surface area contributed by atoms with Crippen LogP contribution in [0.3, 0.4) is 0 Å². The predicted octanol–water partition coefficient (Wildman–Crippen LogP) is 3.92. The Morgan fingerprint density at radius 1 is 0.931 bits per heavy atom. The second-order valence-corrected chi connectivity index (χ2v) is 6.54. The van der Waals surface area contributed by atoms with Crippen molar-refractivity contribution >= 4 is 6.29 Å². The molecule has 6 nitrogen and oxygen atoms in total. The number of carbonyl (C=O) groups excluding carboxylic acids is 1. The van der Waals surface area contributed by atoms with Crippen molar-refractivity contribution in [3.8, 4) is 23.0 Å². The summed E-state index contributed by atoms with van der Waals surface area (Å²) in [6.07, 6.45) is -0.113. The average Bonchev–Trinajstić information content (AvgIpc) is 3.25. The van der Waals surface area contributed by atoms with Crippen molar-refractivity contribution in [1.82, 2.24) is 0 Å². The Balaban J connectivity index is 1.45. The minimum absolute atomic E-state index is 0.0157. The number of benzene rings is 3. The first-order valence-electron chi connectivity index (χ1n) is 9.19. The molecule has 0 amide bonds.